The molecule has 0 N–H and O–H groups in total. The monoisotopic (exact) mass is 350 g/mol. The molecular formula is C10H11ClF4N2O3S. The van der Waals surface area contributed by atoms with Crippen LogP contribution in [-0.2, 0) is 15.6 Å². The molecule has 1 heterocycles. The molecule has 0 bridgehead atoms. The number of carbonyl (C=O) groups excluding carboxylic acids is 1. The molecule has 0 fully saturated rings. The third-order valence-electron chi connectivity index (χ3n) is 2.47. The molecule has 0 aliphatic carbocycles. The minimum atomic E-state index is -4.23. The molecule has 1 amide bonds. The quantitative estimate of drug-likeness (QED) is 0.582. The van der Waals surface area contributed by atoms with Crippen molar-refractivity contribution in [2.75, 3.05) is 13.6 Å². The van der Waals surface area contributed by atoms with E-state index in [-0.39, 0.29) is 0 Å². The number of halogens is 5. The Morgan fingerprint density at radius 3 is 2.33 bits per heavy atom. The first-order valence-electron chi connectivity index (χ1n) is 5.49. The van der Waals surface area contributed by atoms with Crippen molar-refractivity contribution >= 4 is 25.6 Å². The summed E-state index contributed by atoms with van der Waals surface area (Å²) in [6.45, 7) is -1.88. The van der Waals surface area contributed by atoms with Crippen molar-refractivity contribution < 1.29 is 30.8 Å². The number of alkyl halides is 4. The average Bonchev–Trinajstić information content (AvgIpc) is 2.69. The molecule has 0 saturated carbocycles. The number of amides is 1. The van der Waals surface area contributed by atoms with E-state index in [0.29, 0.717) is 9.47 Å². The molecule has 0 aliphatic rings. The molecule has 0 aliphatic heterocycles. The maximum atomic E-state index is 12.4. The molecule has 0 saturated heterocycles. The first-order valence-corrected chi connectivity index (χ1v) is 7.80. The highest BCUT2D eigenvalue weighted by Gasteiger charge is 2.24. The van der Waals surface area contributed by atoms with E-state index in [1.807, 2.05) is 0 Å². The maximum Gasteiger partial charge on any atom is 0.270 e. The normalized spacial score (nSPS) is 12.2. The second-order valence-electron chi connectivity index (χ2n) is 4.12. The van der Waals surface area contributed by atoms with Crippen LogP contribution < -0.4 is 0 Å². The molecule has 1 aromatic rings. The lowest BCUT2D eigenvalue weighted by molar-refractivity contribution is 0.0604. The summed E-state index contributed by atoms with van der Waals surface area (Å²) in [5, 5.41) is 0. The maximum absolute atomic E-state index is 12.4. The lowest BCUT2D eigenvalue weighted by Crippen LogP contribution is -2.33. The highest BCUT2D eigenvalue weighted by molar-refractivity contribution is 8.13. The van der Waals surface area contributed by atoms with Crippen LogP contribution in [0.2, 0.25) is 0 Å². The minimum Gasteiger partial charge on any atom is -0.336 e. The molecule has 1 rings (SSSR count). The van der Waals surface area contributed by atoms with Crippen LogP contribution in [0.5, 0.6) is 0 Å². The van der Waals surface area contributed by atoms with Crippen LogP contribution in [0.3, 0.4) is 0 Å². The van der Waals surface area contributed by atoms with Crippen molar-refractivity contribution in [3.05, 3.63) is 18.0 Å². The molecule has 11 heteroatoms. The molecule has 21 heavy (non-hydrogen) atoms. The summed E-state index contributed by atoms with van der Waals surface area (Å²) in [6.07, 6.45) is -4.92. The van der Waals surface area contributed by atoms with Crippen LogP contribution in [-0.4, -0.2) is 50.2 Å². The van der Waals surface area contributed by atoms with Crippen molar-refractivity contribution in [3.8, 4) is 0 Å². The lowest BCUT2D eigenvalue weighted by atomic mass is 10.3. The first kappa shape index (κ1) is 17.8. The van der Waals surface area contributed by atoms with Crippen molar-refractivity contribution in [2.24, 2.45) is 0 Å². The van der Waals surface area contributed by atoms with Gasteiger partial charge < -0.3 is 9.47 Å². The molecule has 120 valence electrons. The Labute approximate surface area is 122 Å². The van der Waals surface area contributed by atoms with Crippen LogP contribution in [0.1, 0.15) is 10.5 Å². The first-order chi connectivity index (χ1) is 9.52. The van der Waals surface area contributed by atoms with E-state index in [0.717, 1.165) is 19.3 Å². The number of hydrogen-bond donors (Lipinski definition) is 0. The SMILES string of the molecule is CN(CC(F)F)C(=O)c1cc(S(=O)(=O)Cl)cn1CC(F)F. The third kappa shape index (κ3) is 4.88. The fraction of sp³-hybridized carbons (Fsp3) is 0.500. The zero-order valence-electron chi connectivity index (χ0n) is 10.6. The molecule has 5 nitrogen and oxygen atoms in total. The third-order valence-corrected chi connectivity index (χ3v) is 3.79. The van der Waals surface area contributed by atoms with E-state index in [9.17, 15) is 30.8 Å². The van der Waals surface area contributed by atoms with Gasteiger partial charge in [0.15, 0.2) is 0 Å². The molecule has 0 atom stereocenters. The smallest absolute Gasteiger partial charge is 0.270 e. The zero-order valence-corrected chi connectivity index (χ0v) is 12.2. The topological polar surface area (TPSA) is 59.4 Å². The summed E-state index contributed by atoms with van der Waals surface area (Å²) in [6, 6.07) is 0.773. The molecule has 0 radical (unpaired) electrons. The van der Waals surface area contributed by atoms with Gasteiger partial charge >= 0.3 is 0 Å². The van der Waals surface area contributed by atoms with Gasteiger partial charge in [0.05, 0.1) is 13.1 Å². The Kier molecular flexibility index (Phi) is 5.62. The fourth-order valence-corrected chi connectivity index (χ4v) is 2.34. The van der Waals surface area contributed by atoms with Gasteiger partial charge in [-0.3, -0.25) is 4.79 Å². The molecular weight excluding hydrogens is 340 g/mol. The van der Waals surface area contributed by atoms with Crippen LogP contribution in [0.15, 0.2) is 17.2 Å². The van der Waals surface area contributed by atoms with Crippen LogP contribution in [0.25, 0.3) is 0 Å². The van der Waals surface area contributed by atoms with Gasteiger partial charge in [-0.2, -0.15) is 0 Å². The Morgan fingerprint density at radius 1 is 1.33 bits per heavy atom. The van der Waals surface area contributed by atoms with Crippen molar-refractivity contribution in [1.29, 1.82) is 0 Å². The van der Waals surface area contributed by atoms with Crippen molar-refractivity contribution in [1.82, 2.24) is 9.47 Å². The van der Waals surface area contributed by atoms with Crippen molar-refractivity contribution in [2.45, 2.75) is 24.3 Å². The Bertz CT molecular complexity index is 618. The number of aromatic nitrogens is 1. The highest BCUT2D eigenvalue weighted by atomic mass is 35.7. The van der Waals surface area contributed by atoms with Gasteiger partial charge in [0, 0.05) is 23.9 Å². The molecule has 1 aromatic heterocycles. The second kappa shape index (κ2) is 6.65. The summed E-state index contributed by atoms with van der Waals surface area (Å²) in [5.41, 5.74) is -0.460. The van der Waals surface area contributed by atoms with E-state index in [2.05, 4.69) is 0 Å². The summed E-state index contributed by atoms with van der Waals surface area (Å²) in [7, 11) is 1.89. The van der Waals surface area contributed by atoms with Gasteiger partial charge in [0.1, 0.15) is 10.6 Å². The summed E-state index contributed by atoms with van der Waals surface area (Å²) < 4.78 is 72.3. The van der Waals surface area contributed by atoms with Gasteiger partial charge in [-0.05, 0) is 6.07 Å². The van der Waals surface area contributed by atoms with E-state index < -0.39 is 51.5 Å². The van der Waals surface area contributed by atoms with E-state index in [1.54, 1.807) is 0 Å². The Morgan fingerprint density at radius 2 is 1.90 bits per heavy atom. The average molecular weight is 351 g/mol. The number of carbonyl (C=O) groups is 1. The van der Waals surface area contributed by atoms with Gasteiger partial charge in [-0.1, -0.05) is 0 Å². The predicted molar refractivity (Wildman–Crippen MR) is 66.4 cm³/mol. The number of rotatable bonds is 6. The van der Waals surface area contributed by atoms with Crippen LogP contribution in [0, 0.1) is 0 Å². The van der Waals surface area contributed by atoms with Crippen LogP contribution >= 0.6 is 10.7 Å². The van der Waals surface area contributed by atoms with Crippen LogP contribution in [0.4, 0.5) is 17.6 Å². The van der Waals surface area contributed by atoms with Gasteiger partial charge in [-0.15, -0.1) is 0 Å². The van der Waals surface area contributed by atoms with Gasteiger partial charge in [0.2, 0.25) is 0 Å². The predicted octanol–water partition coefficient (Wildman–Crippen LogP) is 2.02. The lowest BCUT2D eigenvalue weighted by Gasteiger charge is -2.17. The van der Waals surface area contributed by atoms with E-state index >= 15 is 0 Å². The Hall–Kier alpha value is -1.29. The standard InChI is InChI=1S/C10H11ClF4N2O3S/c1-16(4-8(12)13)10(18)7-2-6(21(11,19)20)3-17(7)5-9(14)15/h2-3,8-9H,4-5H2,1H3. The van der Waals surface area contributed by atoms with Gasteiger partial charge in [0.25, 0.3) is 27.8 Å². The minimum absolute atomic E-state index is 0.460. The summed E-state index contributed by atoms with van der Waals surface area (Å²) in [4.78, 5) is 12.0. The van der Waals surface area contributed by atoms with Crippen molar-refractivity contribution in [3.63, 3.8) is 0 Å². The highest BCUT2D eigenvalue weighted by Crippen LogP contribution is 2.21. The molecule has 0 unspecified atom stereocenters. The number of nitrogens with zero attached hydrogens (tertiary/aromatic N) is 2. The fourth-order valence-electron chi connectivity index (χ4n) is 1.58. The van der Waals surface area contributed by atoms with E-state index in [4.69, 9.17) is 10.7 Å². The van der Waals surface area contributed by atoms with E-state index in [1.165, 1.54) is 0 Å². The molecule has 0 aromatic carbocycles. The summed E-state index contributed by atoms with van der Waals surface area (Å²) >= 11 is 0. The number of hydrogen-bond acceptors (Lipinski definition) is 3. The Balaban J connectivity index is 3.20. The zero-order chi connectivity index (χ0) is 16.4. The summed E-state index contributed by atoms with van der Waals surface area (Å²) in [5.74, 6) is -1.01. The molecule has 0 spiro atoms. The largest absolute Gasteiger partial charge is 0.336 e. The van der Waals surface area contributed by atoms with Gasteiger partial charge in [-0.25, -0.2) is 26.0 Å². The second-order valence-corrected chi connectivity index (χ2v) is 6.69.